The van der Waals surface area contributed by atoms with E-state index in [1.165, 1.54) is 161 Å². The Morgan fingerprint density at radius 3 is 0.649 bits per heavy atom. The number of carbonyl (C=O) groups is 2. The third-order valence-corrected chi connectivity index (χ3v) is 7.81. The number of carbonyl (C=O) groups excluding carboxylic acids is 1. The van der Waals surface area contributed by atoms with Gasteiger partial charge in [0.2, 0.25) is 5.91 Å². The molecule has 0 unspecified atom stereocenters. The summed E-state index contributed by atoms with van der Waals surface area (Å²) in [5.74, 6) is -0.810. The monoisotopic (exact) mass is 523 g/mol. The topological polar surface area (TPSA) is 80.4 Å². The summed E-state index contributed by atoms with van der Waals surface area (Å²) < 4.78 is 0. The second kappa shape index (κ2) is 31.2. The van der Waals surface area contributed by atoms with Gasteiger partial charge in [-0.3, -0.25) is 9.59 Å². The molecule has 4 heteroatoms. The number of amides is 1. The summed E-state index contributed by atoms with van der Waals surface area (Å²) in [7, 11) is 0. The minimum Gasteiger partial charge on any atom is -0.481 e. The van der Waals surface area contributed by atoms with E-state index >= 15 is 0 Å². The lowest BCUT2D eigenvalue weighted by Crippen LogP contribution is -2.09. The highest BCUT2D eigenvalue weighted by Crippen LogP contribution is 2.16. The van der Waals surface area contributed by atoms with Crippen molar-refractivity contribution in [2.45, 2.75) is 199 Å². The van der Waals surface area contributed by atoms with E-state index in [9.17, 15) is 9.59 Å². The molecule has 1 amide bonds. The van der Waals surface area contributed by atoms with Crippen molar-refractivity contribution in [3.63, 3.8) is 0 Å². The summed E-state index contributed by atoms with van der Waals surface area (Å²) in [6.07, 6.45) is 39.7. The summed E-state index contributed by atoms with van der Waals surface area (Å²) in [5, 5.41) is 8.62. The third-order valence-electron chi connectivity index (χ3n) is 7.81. The van der Waals surface area contributed by atoms with E-state index in [2.05, 4.69) is 0 Å². The predicted octanol–water partition coefficient (Wildman–Crippen LogP) is 10.6. The van der Waals surface area contributed by atoms with Crippen LogP contribution in [-0.4, -0.2) is 17.0 Å². The van der Waals surface area contributed by atoms with Gasteiger partial charge < -0.3 is 10.8 Å². The SMILES string of the molecule is NC(=O)CCCCCCCCCCCCCCCCCCCCCCCCCCCCCCCC(=O)O. The lowest BCUT2D eigenvalue weighted by Gasteiger charge is -2.04. The first-order chi connectivity index (χ1) is 18.1. The van der Waals surface area contributed by atoms with E-state index < -0.39 is 5.97 Å². The van der Waals surface area contributed by atoms with Crippen LogP contribution in [0.1, 0.15) is 199 Å². The van der Waals surface area contributed by atoms with Gasteiger partial charge in [0.05, 0.1) is 0 Å². The average Bonchev–Trinajstić information content (AvgIpc) is 2.87. The largest absolute Gasteiger partial charge is 0.481 e. The van der Waals surface area contributed by atoms with Crippen LogP contribution in [-0.2, 0) is 9.59 Å². The van der Waals surface area contributed by atoms with Gasteiger partial charge >= 0.3 is 5.97 Å². The smallest absolute Gasteiger partial charge is 0.303 e. The van der Waals surface area contributed by atoms with E-state index in [-0.39, 0.29) is 5.91 Å². The van der Waals surface area contributed by atoms with E-state index in [0.29, 0.717) is 12.8 Å². The highest BCUT2D eigenvalue weighted by molar-refractivity contribution is 5.73. The zero-order chi connectivity index (χ0) is 27.1. The van der Waals surface area contributed by atoms with Gasteiger partial charge in [0, 0.05) is 12.8 Å². The van der Waals surface area contributed by atoms with Crippen molar-refractivity contribution in [2.75, 3.05) is 0 Å². The van der Waals surface area contributed by atoms with Gasteiger partial charge in [0.1, 0.15) is 0 Å². The molecule has 0 fully saturated rings. The maximum Gasteiger partial charge on any atom is 0.303 e. The Kier molecular flexibility index (Phi) is 30.3. The summed E-state index contributed by atoms with van der Waals surface area (Å²) in [4.78, 5) is 21.1. The Morgan fingerprint density at radius 2 is 0.486 bits per heavy atom. The van der Waals surface area contributed by atoms with Gasteiger partial charge in [0.25, 0.3) is 0 Å². The van der Waals surface area contributed by atoms with Crippen LogP contribution in [0.3, 0.4) is 0 Å². The first-order valence-corrected chi connectivity index (χ1v) is 16.6. The van der Waals surface area contributed by atoms with Gasteiger partial charge in [-0.1, -0.05) is 173 Å². The van der Waals surface area contributed by atoms with E-state index in [4.69, 9.17) is 10.8 Å². The fraction of sp³-hybridized carbons (Fsp3) is 0.939. The van der Waals surface area contributed by atoms with Crippen LogP contribution in [0, 0.1) is 0 Å². The van der Waals surface area contributed by atoms with E-state index in [0.717, 1.165) is 25.7 Å². The summed E-state index contributed by atoms with van der Waals surface area (Å²) in [6, 6.07) is 0. The molecule has 0 spiro atoms. The maximum absolute atomic E-state index is 10.7. The highest BCUT2D eigenvalue weighted by atomic mass is 16.4. The van der Waals surface area contributed by atoms with Gasteiger partial charge in [-0.2, -0.15) is 0 Å². The molecular weight excluding hydrogens is 458 g/mol. The van der Waals surface area contributed by atoms with Crippen LogP contribution in [0.2, 0.25) is 0 Å². The van der Waals surface area contributed by atoms with Gasteiger partial charge in [-0.15, -0.1) is 0 Å². The number of carboxylic acid groups (broad SMARTS) is 1. The van der Waals surface area contributed by atoms with Gasteiger partial charge in [-0.05, 0) is 12.8 Å². The zero-order valence-electron chi connectivity index (χ0n) is 24.8. The van der Waals surface area contributed by atoms with Crippen molar-refractivity contribution < 1.29 is 14.7 Å². The molecule has 0 atom stereocenters. The molecule has 0 aromatic carbocycles. The molecule has 0 aliphatic carbocycles. The second-order valence-electron chi connectivity index (χ2n) is 11.6. The fourth-order valence-electron chi connectivity index (χ4n) is 5.35. The Bertz CT molecular complexity index is 438. The first-order valence-electron chi connectivity index (χ1n) is 16.6. The number of primary amides is 1. The number of hydrogen-bond donors (Lipinski definition) is 2. The molecule has 0 radical (unpaired) electrons. The molecule has 0 aliphatic rings. The molecule has 0 saturated heterocycles. The molecule has 0 aromatic heterocycles. The Balaban J connectivity index is 3.03. The predicted molar refractivity (Wildman–Crippen MR) is 160 cm³/mol. The quantitative estimate of drug-likeness (QED) is 0.0860. The number of hydrogen-bond acceptors (Lipinski definition) is 2. The summed E-state index contributed by atoms with van der Waals surface area (Å²) >= 11 is 0. The molecule has 37 heavy (non-hydrogen) atoms. The standard InChI is InChI=1S/C33H65NO3/c34-32(35)30-28-26-24-22-20-18-16-14-12-10-8-6-4-2-1-3-5-7-9-11-13-15-17-19-21-23-25-27-29-31-33(36)37/h1-31H2,(H2,34,35)(H,36,37). The molecule has 0 bridgehead atoms. The number of unbranched alkanes of at least 4 members (excludes halogenated alkanes) is 28. The molecule has 0 aromatic rings. The molecule has 0 aliphatic heterocycles. The van der Waals surface area contributed by atoms with Crippen LogP contribution in [0.4, 0.5) is 0 Å². The third kappa shape index (κ3) is 34.9. The summed E-state index contributed by atoms with van der Waals surface area (Å²) in [6.45, 7) is 0. The Labute approximate surface area is 231 Å². The number of rotatable bonds is 32. The van der Waals surface area contributed by atoms with Gasteiger partial charge in [-0.25, -0.2) is 0 Å². The molecule has 0 heterocycles. The number of carboxylic acids is 1. The van der Waals surface area contributed by atoms with Crippen molar-refractivity contribution in [1.29, 1.82) is 0 Å². The van der Waals surface area contributed by atoms with Crippen molar-refractivity contribution in [3.8, 4) is 0 Å². The second-order valence-corrected chi connectivity index (χ2v) is 11.6. The first kappa shape index (κ1) is 35.9. The minimum atomic E-state index is -0.654. The molecule has 4 nitrogen and oxygen atoms in total. The van der Waals surface area contributed by atoms with Crippen molar-refractivity contribution >= 4 is 11.9 Å². The van der Waals surface area contributed by atoms with Crippen molar-refractivity contribution in [3.05, 3.63) is 0 Å². The average molecular weight is 524 g/mol. The lowest BCUT2D eigenvalue weighted by molar-refractivity contribution is -0.137. The van der Waals surface area contributed by atoms with Crippen molar-refractivity contribution in [1.82, 2.24) is 0 Å². The zero-order valence-corrected chi connectivity index (χ0v) is 24.8. The van der Waals surface area contributed by atoms with Crippen LogP contribution < -0.4 is 5.73 Å². The van der Waals surface area contributed by atoms with Crippen LogP contribution >= 0.6 is 0 Å². The normalized spacial score (nSPS) is 11.2. The van der Waals surface area contributed by atoms with Crippen LogP contribution in [0.15, 0.2) is 0 Å². The highest BCUT2D eigenvalue weighted by Gasteiger charge is 1.98. The van der Waals surface area contributed by atoms with Crippen molar-refractivity contribution in [2.24, 2.45) is 5.73 Å². The molecule has 0 saturated carbocycles. The molecule has 220 valence electrons. The molecule has 0 rings (SSSR count). The Morgan fingerprint density at radius 1 is 0.324 bits per heavy atom. The molecule has 3 N–H and O–H groups in total. The Hall–Kier alpha value is -1.06. The van der Waals surface area contributed by atoms with E-state index in [1.807, 2.05) is 0 Å². The number of nitrogens with two attached hydrogens (primary N) is 1. The maximum atomic E-state index is 10.7. The van der Waals surface area contributed by atoms with Gasteiger partial charge in [0.15, 0.2) is 0 Å². The van der Waals surface area contributed by atoms with Crippen LogP contribution in [0.25, 0.3) is 0 Å². The lowest BCUT2D eigenvalue weighted by atomic mass is 10.0. The van der Waals surface area contributed by atoms with Crippen LogP contribution in [0.5, 0.6) is 0 Å². The molecular formula is C33H65NO3. The fourth-order valence-corrected chi connectivity index (χ4v) is 5.35. The summed E-state index contributed by atoms with van der Waals surface area (Å²) in [5.41, 5.74) is 5.16. The number of aliphatic carboxylic acids is 1. The minimum absolute atomic E-state index is 0.156. The van der Waals surface area contributed by atoms with E-state index in [1.54, 1.807) is 0 Å².